The molecule has 0 aliphatic rings. The van der Waals surface area contributed by atoms with Crippen LogP contribution in [0.1, 0.15) is 19.0 Å². The minimum absolute atomic E-state index is 0.598. The summed E-state index contributed by atoms with van der Waals surface area (Å²) in [6, 6.07) is 7.59. The number of nitrogens with two attached hydrogens (primary N) is 1. The number of hydrogen-bond acceptors (Lipinski definition) is 5. The first kappa shape index (κ1) is 14.7. The average molecular weight is 337 g/mol. The Hall–Kier alpha value is -1.66. The Morgan fingerprint density at radius 1 is 1.30 bits per heavy atom. The second-order valence-electron chi connectivity index (χ2n) is 4.31. The third-order valence-corrected chi connectivity index (χ3v) is 3.33. The van der Waals surface area contributed by atoms with Crippen molar-refractivity contribution in [3.63, 3.8) is 0 Å². The summed E-state index contributed by atoms with van der Waals surface area (Å²) in [7, 11) is 1.63. The van der Waals surface area contributed by atoms with Gasteiger partial charge in [0.2, 0.25) is 0 Å². The van der Waals surface area contributed by atoms with Crippen LogP contribution in [0.5, 0.6) is 5.75 Å². The van der Waals surface area contributed by atoms with Gasteiger partial charge in [0.25, 0.3) is 0 Å². The summed E-state index contributed by atoms with van der Waals surface area (Å²) in [5, 5.41) is 0. The average Bonchev–Trinajstić information content (AvgIpc) is 2.47. The maximum atomic E-state index is 5.48. The number of hydrazine groups is 1. The molecule has 0 saturated heterocycles. The zero-order valence-corrected chi connectivity index (χ0v) is 13.1. The summed E-state index contributed by atoms with van der Waals surface area (Å²) in [5.74, 6) is 7.40. The number of anilines is 1. The van der Waals surface area contributed by atoms with Gasteiger partial charge in [-0.15, -0.1) is 0 Å². The topological polar surface area (TPSA) is 73.1 Å². The lowest BCUT2D eigenvalue weighted by Crippen LogP contribution is -2.10. The van der Waals surface area contributed by atoms with E-state index < -0.39 is 0 Å². The highest BCUT2D eigenvalue weighted by molar-refractivity contribution is 9.10. The lowest BCUT2D eigenvalue weighted by Gasteiger charge is -2.11. The molecule has 0 unspecified atom stereocenters. The highest BCUT2D eigenvalue weighted by atomic mass is 79.9. The first-order valence-corrected chi connectivity index (χ1v) is 7.15. The zero-order chi connectivity index (χ0) is 14.5. The van der Waals surface area contributed by atoms with Gasteiger partial charge < -0.3 is 10.2 Å². The van der Waals surface area contributed by atoms with Gasteiger partial charge in [0.15, 0.2) is 5.82 Å². The van der Waals surface area contributed by atoms with Crippen molar-refractivity contribution in [1.29, 1.82) is 0 Å². The third kappa shape index (κ3) is 3.26. The molecule has 1 aromatic carbocycles. The van der Waals surface area contributed by atoms with Gasteiger partial charge in [-0.3, -0.25) is 0 Å². The number of rotatable bonds is 5. The first-order chi connectivity index (χ1) is 9.67. The Balaban J connectivity index is 2.56. The van der Waals surface area contributed by atoms with Gasteiger partial charge in [0.05, 0.1) is 12.7 Å². The van der Waals surface area contributed by atoms with E-state index >= 15 is 0 Å². The summed E-state index contributed by atoms with van der Waals surface area (Å²) in [5.41, 5.74) is 4.37. The minimum atomic E-state index is 0.598. The van der Waals surface area contributed by atoms with Gasteiger partial charge >= 0.3 is 0 Å². The maximum absolute atomic E-state index is 5.48. The molecule has 2 aromatic rings. The number of aromatic nitrogens is 2. The predicted octanol–water partition coefficient (Wildman–Crippen LogP) is 3.15. The summed E-state index contributed by atoms with van der Waals surface area (Å²) in [6.45, 7) is 2.11. The fourth-order valence-corrected chi connectivity index (χ4v) is 2.29. The summed E-state index contributed by atoms with van der Waals surface area (Å²) >= 11 is 3.46. The van der Waals surface area contributed by atoms with Crippen LogP contribution in [0.4, 0.5) is 5.82 Å². The van der Waals surface area contributed by atoms with E-state index in [2.05, 4.69) is 38.2 Å². The second kappa shape index (κ2) is 6.67. The molecule has 0 aliphatic heterocycles. The lowest BCUT2D eigenvalue weighted by molar-refractivity contribution is 0.416. The van der Waals surface area contributed by atoms with Gasteiger partial charge in [0, 0.05) is 16.2 Å². The fourth-order valence-electron chi connectivity index (χ4n) is 1.93. The molecule has 1 heterocycles. The molecule has 0 aliphatic carbocycles. The Morgan fingerprint density at radius 2 is 2.10 bits per heavy atom. The molecule has 0 amide bonds. The molecule has 1 aromatic heterocycles. The number of aryl methyl sites for hydroxylation is 1. The number of halogens is 1. The molecular formula is C14H17BrN4O. The molecule has 0 spiro atoms. The van der Waals surface area contributed by atoms with Gasteiger partial charge in [0.1, 0.15) is 11.6 Å². The minimum Gasteiger partial charge on any atom is -0.496 e. The van der Waals surface area contributed by atoms with Crippen molar-refractivity contribution in [3.8, 4) is 17.1 Å². The van der Waals surface area contributed by atoms with Crippen molar-refractivity contribution in [2.45, 2.75) is 19.8 Å². The summed E-state index contributed by atoms with van der Waals surface area (Å²) < 4.78 is 6.32. The number of nitrogens with one attached hydrogen (secondary N) is 1. The number of nitrogen functional groups attached to an aromatic ring is 1. The highest BCUT2D eigenvalue weighted by Gasteiger charge is 2.12. The van der Waals surface area contributed by atoms with Crippen LogP contribution >= 0.6 is 15.9 Å². The molecular weight excluding hydrogens is 320 g/mol. The standard InChI is InChI=1S/C14H17BrN4O/c1-3-4-10-8-13(19-16)18-14(17-10)11-7-9(15)5-6-12(11)20-2/h5-8H,3-4,16H2,1-2H3,(H,17,18,19). The van der Waals surface area contributed by atoms with Crippen molar-refractivity contribution in [2.75, 3.05) is 12.5 Å². The van der Waals surface area contributed by atoms with E-state index in [-0.39, 0.29) is 0 Å². The quantitative estimate of drug-likeness (QED) is 0.648. The normalized spacial score (nSPS) is 10.4. The molecule has 6 heteroatoms. The monoisotopic (exact) mass is 336 g/mol. The zero-order valence-electron chi connectivity index (χ0n) is 11.5. The third-order valence-electron chi connectivity index (χ3n) is 2.84. The number of nitrogens with zero attached hydrogens (tertiary/aromatic N) is 2. The van der Waals surface area contributed by atoms with E-state index in [0.29, 0.717) is 11.6 Å². The van der Waals surface area contributed by atoms with Crippen LogP contribution < -0.4 is 16.0 Å². The first-order valence-electron chi connectivity index (χ1n) is 6.36. The van der Waals surface area contributed by atoms with Crippen molar-refractivity contribution in [2.24, 2.45) is 5.84 Å². The van der Waals surface area contributed by atoms with Crippen LogP contribution in [-0.4, -0.2) is 17.1 Å². The molecule has 0 radical (unpaired) electrons. The smallest absolute Gasteiger partial charge is 0.165 e. The Bertz CT molecular complexity index is 604. The Labute approximate surface area is 126 Å². The van der Waals surface area contributed by atoms with E-state index in [1.807, 2.05) is 24.3 Å². The number of methoxy groups -OCH3 is 1. The van der Waals surface area contributed by atoms with Crippen LogP contribution in [0.3, 0.4) is 0 Å². The Kier molecular flexibility index (Phi) is 4.92. The van der Waals surface area contributed by atoms with Crippen LogP contribution in [0.15, 0.2) is 28.7 Å². The molecule has 0 bridgehead atoms. The molecule has 2 rings (SSSR count). The van der Waals surface area contributed by atoms with Gasteiger partial charge in [-0.1, -0.05) is 29.3 Å². The largest absolute Gasteiger partial charge is 0.496 e. The highest BCUT2D eigenvalue weighted by Crippen LogP contribution is 2.31. The summed E-state index contributed by atoms with van der Waals surface area (Å²) in [6.07, 6.45) is 1.89. The van der Waals surface area contributed by atoms with E-state index in [9.17, 15) is 0 Å². The van der Waals surface area contributed by atoms with Gasteiger partial charge in [-0.2, -0.15) is 0 Å². The molecule has 5 nitrogen and oxygen atoms in total. The molecule has 0 fully saturated rings. The van der Waals surface area contributed by atoms with E-state index in [4.69, 9.17) is 10.6 Å². The molecule has 106 valence electrons. The summed E-state index contributed by atoms with van der Waals surface area (Å²) in [4.78, 5) is 8.99. The molecule has 0 atom stereocenters. The number of ether oxygens (including phenoxy) is 1. The van der Waals surface area contributed by atoms with E-state index in [1.165, 1.54) is 0 Å². The van der Waals surface area contributed by atoms with Crippen molar-refractivity contribution < 1.29 is 4.74 Å². The van der Waals surface area contributed by atoms with E-state index in [0.717, 1.165) is 34.3 Å². The fraction of sp³-hybridized carbons (Fsp3) is 0.286. The SMILES string of the molecule is CCCc1cc(NN)nc(-c2cc(Br)ccc2OC)n1. The van der Waals surface area contributed by atoms with E-state index in [1.54, 1.807) is 7.11 Å². The van der Waals surface area contributed by atoms with Crippen LogP contribution in [-0.2, 0) is 6.42 Å². The van der Waals surface area contributed by atoms with Crippen molar-refractivity contribution in [1.82, 2.24) is 9.97 Å². The molecule has 3 N–H and O–H groups in total. The van der Waals surface area contributed by atoms with Crippen molar-refractivity contribution >= 4 is 21.7 Å². The second-order valence-corrected chi connectivity index (χ2v) is 5.22. The number of benzene rings is 1. The van der Waals surface area contributed by atoms with Crippen LogP contribution in [0.25, 0.3) is 11.4 Å². The predicted molar refractivity (Wildman–Crippen MR) is 83.5 cm³/mol. The number of hydrogen-bond donors (Lipinski definition) is 2. The molecule has 20 heavy (non-hydrogen) atoms. The van der Waals surface area contributed by atoms with Crippen LogP contribution in [0.2, 0.25) is 0 Å². The van der Waals surface area contributed by atoms with Crippen LogP contribution in [0, 0.1) is 0 Å². The van der Waals surface area contributed by atoms with Gasteiger partial charge in [-0.25, -0.2) is 15.8 Å². The van der Waals surface area contributed by atoms with Gasteiger partial charge in [-0.05, 0) is 24.6 Å². The molecule has 0 saturated carbocycles. The Morgan fingerprint density at radius 3 is 2.75 bits per heavy atom. The lowest BCUT2D eigenvalue weighted by atomic mass is 10.1. The maximum Gasteiger partial charge on any atom is 0.165 e. The van der Waals surface area contributed by atoms with Crippen molar-refractivity contribution in [3.05, 3.63) is 34.4 Å².